The molecule has 38 heavy (non-hydrogen) atoms. The zero-order chi connectivity index (χ0) is 27.2. The fourth-order valence-electron chi connectivity index (χ4n) is 3.96. The predicted octanol–water partition coefficient (Wildman–Crippen LogP) is 2.98. The number of hydrogen-bond donors (Lipinski definition) is 2. The Hall–Kier alpha value is -4.73. The van der Waals surface area contributed by atoms with E-state index >= 15 is 0 Å². The number of anilines is 1. The number of benzene rings is 2. The number of aromatic nitrogens is 1. The molecule has 2 aromatic carbocycles. The van der Waals surface area contributed by atoms with E-state index in [4.69, 9.17) is 4.74 Å². The molecule has 0 aliphatic carbocycles. The third-order valence-corrected chi connectivity index (χ3v) is 6.02. The Labute approximate surface area is 218 Å². The lowest BCUT2D eigenvalue weighted by atomic mass is 10.0. The molecule has 0 radical (unpaired) electrons. The maximum Gasteiger partial charge on any atom is 0.414 e. The summed E-state index contributed by atoms with van der Waals surface area (Å²) in [5.74, 6) is -1.07. The number of pyridine rings is 1. The van der Waals surface area contributed by atoms with Gasteiger partial charge in [-0.3, -0.25) is 19.3 Å². The number of carbonyl (C=O) groups excluding carboxylic acids is 3. The van der Waals surface area contributed by atoms with Crippen LogP contribution in [0.1, 0.15) is 18.1 Å². The van der Waals surface area contributed by atoms with E-state index in [0.717, 1.165) is 5.56 Å². The monoisotopic (exact) mass is 518 g/mol. The molecule has 0 bridgehead atoms. The van der Waals surface area contributed by atoms with E-state index in [1.54, 1.807) is 61.8 Å². The fourth-order valence-corrected chi connectivity index (χ4v) is 3.96. The third-order valence-electron chi connectivity index (χ3n) is 6.02. The van der Waals surface area contributed by atoms with Gasteiger partial charge in [0.1, 0.15) is 11.9 Å². The topological polar surface area (TPSA) is 110 Å². The van der Waals surface area contributed by atoms with Crippen LogP contribution < -0.4 is 21.1 Å². The summed E-state index contributed by atoms with van der Waals surface area (Å²) >= 11 is 0. The Morgan fingerprint density at radius 3 is 2.58 bits per heavy atom. The van der Waals surface area contributed by atoms with Crippen molar-refractivity contribution < 1.29 is 23.5 Å². The summed E-state index contributed by atoms with van der Waals surface area (Å²) in [6, 6.07) is 14.9. The van der Waals surface area contributed by atoms with Crippen molar-refractivity contribution in [2.75, 3.05) is 18.0 Å². The van der Waals surface area contributed by atoms with Gasteiger partial charge in [0.05, 0.1) is 18.8 Å². The summed E-state index contributed by atoms with van der Waals surface area (Å²) in [5.41, 5.74) is 2.39. The summed E-state index contributed by atoms with van der Waals surface area (Å²) in [6.45, 7) is 2.03. The summed E-state index contributed by atoms with van der Waals surface area (Å²) in [6.07, 6.45) is 3.31. The van der Waals surface area contributed by atoms with Gasteiger partial charge in [0.25, 0.3) is 5.56 Å². The van der Waals surface area contributed by atoms with Crippen LogP contribution >= 0.6 is 0 Å². The molecule has 2 N–H and O–H groups in total. The molecule has 3 amide bonds. The maximum absolute atomic E-state index is 15.0. The Kier molecular flexibility index (Phi) is 8.00. The molecule has 10 heteroatoms. The van der Waals surface area contributed by atoms with Crippen molar-refractivity contribution in [3.8, 4) is 11.1 Å². The normalized spacial score (nSPS) is 15.0. The van der Waals surface area contributed by atoms with Gasteiger partial charge in [-0.15, -0.1) is 0 Å². The van der Waals surface area contributed by atoms with Gasteiger partial charge in [0.2, 0.25) is 11.8 Å². The Morgan fingerprint density at radius 1 is 1.11 bits per heavy atom. The number of nitrogens with one attached hydrogen (secondary N) is 2. The van der Waals surface area contributed by atoms with Crippen LogP contribution in [0.5, 0.6) is 0 Å². The Bertz CT molecular complexity index is 1450. The molecule has 1 aliphatic rings. The zero-order valence-corrected chi connectivity index (χ0v) is 20.9. The fraction of sp³-hybridized carbons (Fsp3) is 0.214. The minimum atomic E-state index is -0.597. The molecule has 1 fully saturated rings. The van der Waals surface area contributed by atoms with Crippen molar-refractivity contribution in [3.63, 3.8) is 0 Å². The number of halogens is 1. The van der Waals surface area contributed by atoms with Gasteiger partial charge in [0.15, 0.2) is 0 Å². The van der Waals surface area contributed by atoms with Gasteiger partial charge in [-0.25, -0.2) is 9.18 Å². The van der Waals surface area contributed by atoms with Gasteiger partial charge >= 0.3 is 6.09 Å². The first-order valence-corrected chi connectivity index (χ1v) is 11.9. The lowest BCUT2D eigenvalue weighted by Crippen LogP contribution is -2.33. The average Bonchev–Trinajstić information content (AvgIpc) is 3.28. The van der Waals surface area contributed by atoms with Gasteiger partial charge in [-0.2, -0.15) is 0 Å². The molecule has 1 aliphatic heterocycles. The summed E-state index contributed by atoms with van der Waals surface area (Å²) in [4.78, 5) is 48.8. The largest absolute Gasteiger partial charge is 0.442 e. The van der Waals surface area contributed by atoms with Crippen molar-refractivity contribution in [3.05, 3.63) is 94.2 Å². The Balaban J connectivity index is 1.35. The van der Waals surface area contributed by atoms with Crippen LogP contribution in [0.15, 0.2) is 71.7 Å². The quantitative estimate of drug-likeness (QED) is 0.446. The highest BCUT2D eigenvalue weighted by Gasteiger charge is 2.32. The number of amides is 3. The molecule has 1 atom stereocenters. The SMILES string of the molecule is CC(=O)NC[C@H]1CN(c2ccc(-c3ccc(CNC(=O)/C=C/c4cccn(C)c4=O)cc3)c(F)c2)C(=O)O1. The van der Waals surface area contributed by atoms with Crippen LogP contribution in [0.2, 0.25) is 0 Å². The summed E-state index contributed by atoms with van der Waals surface area (Å²) in [5, 5.41) is 5.36. The number of nitrogens with zero attached hydrogens (tertiary/aromatic N) is 2. The van der Waals surface area contributed by atoms with Crippen LogP contribution in [0.3, 0.4) is 0 Å². The van der Waals surface area contributed by atoms with Crippen molar-refractivity contribution in [1.29, 1.82) is 0 Å². The summed E-state index contributed by atoms with van der Waals surface area (Å²) < 4.78 is 21.6. The third kappa shape index (κ3) is 6.33. The second-order valence-electron chi connectivity index (χ2n) is 8.85. The molecule has 0 spiro atoms. The predicted molar refractivity (Wildman–Crippen MR) is 141 cm³/mol. The van der Waals surface area contributed by atoms with Crippen molar-refractivity contribution in [1.82, 2.24) is 15.2 Å². The van der Waals surface area contributed by atoms with Crippen LogP contribution in [-0.4, -0.2) is 41.7 Å². The van der Waals surface area contributed by atoms with E-state index in [1.807, 2.05) is 0 Å². The number of cyclic esters (lactones) is 1. The molecular formula is C28H27FN4O5. The minimum Gasteiger partial charge on any atom is -0.442 e. The van der Waals surface area contributed by atoms with Crippen molar-refractivity contribution >= 4 is 29.7 Å². The lowest BCUT2D eigenvalue weighted by molar-refractivity contribution is -0.119. The van der Waals surface area contributed by atoms with Crippen LogP contribution in [0, 0.1) is 5.82 Å². The molecule has 9 nitrogen and oxygen atoms in total. The van der Waals surface area contributed by atoms with Gasteiger partial charge < -0.3 is 19.9 Å². The number of ether oxygens (including phenoxy) is 1. The van der Waals surface area contributed by atoms with Crippen LogP contribution in [0.25, 0.3) is 17.2 Å². The average molecular weight is 519 g/mol. The second kappa shape index (κ2) is 11.5. The van der Waals surface area contributed by atoms with Gasteiger partial charge in [-0.05, 0) is 47.5 Å². The first kappa shape index (κ1) is 26.3. The number of carbonyl (C=O) groups is 3. The number of rotatable bonds is 8. The molecule has 1 aromatic heterocycles. The molecule has 0 unspecified atom stereocenters. The van der Waals surface area contributed by atoms with E-state index in [1.165, 1.54) is 34.6 Å². The number of hydrogen-bond acceptors (Lipinski definition) is 5. The second-order valence-corrected chi connectivity index (χ2v) is 8.85. The molecule has 1 saturated heterocycles. The standard InChI is InChI=1S/C28H27FN4O5/c1-18(34)30-16-23-17-33(28(37)38-23)22-10-11-24(25(29)14-22)20-7-5-19(6-8-20)15-31-26(35)12-9-21-4-3-13-32(2)27(21)36/h3-14,23H,15-17H2,1-2H3,(H,30,34)(H,31,35)/b12-9+/t23-/m0/s1. The van der Waals surface area contributed by atoms with E-state index in [2.05, 4.69) is 10.6 Å². The number of aryl methyl sites for hydroxylation is 1. The first-order chi connectivity index (χ1) is 18.2. The molecule has 196 valence electrons. The molecule has 0 saturated carbocycles. The van der Waals surface area contributed by atoms with E-state index in [9.17, 15) is 23.6 Å². The van der Waals surface area contributed by atoms with Gasteiger partial charge in [-0.1, -0.05) is 24.3 Å². The van der Waals surface area contributed by atoms with Crippen molar-refractivity contribution in [2.24, 2.45) is 7.05 Å². The lowest BCUT2D eigenvalue weighted by Gasteiger charge is -2.15. The van der Waals surface area contributed by atoms with E-state index in [-0.39, 0.29) is 37.0 Å². The molecule has 2 heterocycles. The first-order valence-electron chi connectivity index (χ1n) is 11.9. The molecule has 3 aromatic rings. The Morgan fingerprint density at radius 2 is 1.87 bits per heavy atom. The van der Waals surface area contributed by atoms with Crippen molar-refractivity contribution in [2.45, 2.75) is 19.6 Å². The van der Waals surface area contributed by atoms with Crippen LogP contribution in [-0.2, 0) is 27.9 Å². The molecular weight excluding hydrogens is 491 g/mol. The van der Waals surface area contributed by atoms with Gasteiger partial charge in [0, 0.05) is 43.9 Å². The van der Waals surface area contributed by atoms with E-state index < -0.39 is 18.0 Å². The van der Waals surface area contributed by atoms with Crippen LogP contribution in [0.4, 0.5) is 14.9 Å². The minimum absolute atomic E-state index is 0.189. The highest BCUT2D eigenvalue weighted by Crippen LogP contribution is 2.29. The highest BCUT2D eigenvalue weighted by molar-refractivity contribution is 5.92. The summed E-state index contributed by atoms with van der Waals surface area (Å²) in [7, 11) is 1.64. The van der Waals surface area contributed by atoms with E-state index in [0.29, 0.717) is 22.4 Å². The maximum atomic E-state index is 15.0. The zero-order valence-electron chi connectivity index (χ0n) is 20.9. The highest BCUT2D eigenvalue weighted by atomic mass is 19.1. The molecule has 4 rings (SSSR count). The smallest absolute Gasteiger partial charge is 0.414 e.